The maximum absolute atomic E-state index is 10.7. The van der Waals surface area contributed by atoms with Crippen molar-refractivity contribution in [1.29, 1.82) is 0 Å². The topological polar surface area (TPSA) is 72.2 Å². The van der Waals surface area contributed by atoms with Gasteiger partial charge < -0.3 is 5.32 Å². The lowest BCUT2D eigenvalue weighted by Gasteiger charge is -2.29. The van der Waals surface area contributed by atoms with E-state index in [4.69, 9.17) is 5.14 Å². The van der Waals surface area contributed by atoms with Gasteiger partial charge in [-0.15, -0.1) is 0 Å². The first-order valence-electron chi connectivity index (χ1n) is 5.75. The summed E-state index contributed by atoms with van der Waals surface area (Å²) < 4.78 is 21.5. The zero-order valence-electron chi connectivity index (χ0n) is 9.41. The fourth-order valence-electron chi connectivity index (χ4n) is 2.25. The van der Waals surface area contributed by atoms with E-state index < -0.39 is 10.0 Å². The van der Waals surface area contributed by atoms with E-state index in [1.54, 1.807) is 0 Å². The molecule has 90 valence electrons. The molecule has 0 heterocycles. The molecule has 1 saturated carbocycles. The lowest BCUT2D eigenvalue weighted by atomic mass is 9.84. The van der Waals surface area contributed by atoms with Crippen LogP contribution in [0.15, 0.2) is 0 Å². The molecule has 0 aromatic carbocycles. The highest BCUT2D eigenvalue weighted by Crippen LogP contribution is 2.26. The van der Waals surface area contributed by atoms with Gasteiger partial charge in [0.05, 0.1) is 5.75 Å². The minimum Gasteiger partial charge on any atom is -0.313 e. The molecule has 1 fully saturated rings. The molecular formula is C10H22N2O2S. The minimum absolute atomic E-state index is 0.0420. The maximum Gasteiger partial charge on any atom is 0.210 e. The Bertz CT molecular complexity index is 277. The summed E-state index contributed by atoms with van der Waals surface area (Å²) in [6, 6.07) is 0.491. The van der Waals surface area contributed by atoms with Crippen molar-refractivity contribution in [3.8, 4) is 0 Å². The molecule has 15 heavy (non-hydrogen) atoms. The predicted molar refractivity (Wildman–Crippen MR) is 62.0 cm³/mol. The van der Waals surface area contributed by atoms with Gasteiger partial charge in [-0.1, -0.05) is 26.2 Å². The summed E-state index contributed by atoms with van der Waals surface area (Å²) in [5.41, 5.74) is 0. The molecule has 0 aromatic heterocycles. The Balaban J connectivity index is 2.21. The third-order valence-electron chi connectivity index (χ3n) is 3.18. The van der Waals surface area contributed by atoms with Gasteiger partial charge in [0.1, 0.15) is 0 Å². The zero-order chi connectivity index (χ0) is 11.3. The highest BCUT2D eigenvalue weighted by Gasteiger charge is 2.20. The van der Waals surface area contributed by atoms with Crippen molar-refractivity contribution in [3.05, 3.63) is 0 Å². The van der Waals surface area contributed by atoms with E-state index in [9.17, 15) is 8.42 Å². The molecule has 0 saturated heterocycles. The summed E-state index contributed by atoms with van der Waals surface area (Å²) in [5, 5.41) is 8.22. The van der Waals surface area contributed by atoms with Crippen molar-refractivity contribution in [1.82, 2.24) is 5.32 Å². The molecule has 0 spiro atoms. The van der Waals surface area contributed by atoms with Crippen molar-refractivity contribution in [2.75, 3.05) is 12.3 Å². The molecule has 4 nitrogen and oxygen atoms in total. The number of primary sulfonamides is 1. The van der Waals surface area contributed by atoms with E-state index in [2.05, 4.69) is 12.2 Å². The molecule has 1 aliphatic rings. The highest BCUT2D eigenvalue weighted by molar-refractivity contribution is 7.89. The summed E-state index contributed by atoms with van der Waals surface area (Å²) >= 11 is 0. The summed E-state index contributed by atoms with van der Waals surface area (Å²) in [4.78, 5) is 0. The van der Waals surface area contributed by atoms with Crippen molar-refractivity contribution >= 4 is 10.0 Å². The Morgan fingerprint density at radius 3 is 2.73 bits per heavy atom. The van der Waals surface area contributed by atoms with E-state index in [0.29, 0.717) is 12.6 Å². The Labute approximate surface area is 92.7 Å². The van der Waals surface area contributed by atoms with Crippen LogP contribution in [0.1, 0.15) is 39.0 Å². The van der Waals surface area contributed by atoms with Crippen LogP contribution in [0.25, 0.3) is 0 Å². The standard InChI is InChI=1S/C10H22N2O2S/c1-2-9-4-3-5-10(8-9)12-6-7-15(11,13)14/h9-10,12H,2-8H2,1H3,(H2,11,13,14). The number of nitrogens with two attached hydrogens (primary N) is 1. The normalized spacial score (nSPS) is 27.9. The fraction of sp³-hybridized carbons (Fsp3) is 1.00. The van der Waals surface area contributed by atoms with Crippen LogP contribution in [-0.2, 0) is 10.0 Å². The van der Waals surface area contributed by atoms with Gasteiger partial charge in [0.15, 0.2) is 0 Å². The third kappa shape index (κ3) is 5.49. The average molecular weight is 234 g/mol. The summed E-state index contributed by atoms with van der Waals surface area (Å²) in [6.45, 7) is 2.71. The number of rotatable bonds is 5. The fourth-order valence-corrected chi connectivity index (χ4v) is 2.65. The van der Waals surface area contributed by atoms with Crippen LogP contribution in [0.5, 0.6) is 0 Å². The van der Waals surface area contributed by atoms with E-state index in [1.807, 2.05) is 0 Å². The van der Waals surface area contributed by atoms with Crippen LogP contribution >= 0.6 is 0 Å². The van der Waals surface area contributed by atoms with Crippen molar-refractivity contribution < 1.29 is 8.42 Å². The Morgan fingerprint density at radius 2 is 2.13 bits per heavy atom. The van der Waals surface area contributed by atoms with Gasteiger partial charge in [0.2, 0.25) is 10.0 Å². The second-order valence-electron chi connectivity index (χ2n) is 4.46. The van der Waals surface area contributed by atoms with Crippen molar-refractivity contribution in [2.24, 2.45) is 11.1 Å². The number of hydrogen-bond donors (Lipinski definition) is 2. The van der Waals surface area contributed by atoms with Crippen LogP contribution in [0.4, 0.5) is 0 Å². The van der Waals surface area contributed by atoms with Crippen molar-refractivity contribution in [2.45, 2.75) is 45.1 Å². The largest absolute Gasteiger partial charge is 0.313 e. The molecule has 0 radical (unpaired) electrons. The number of nitrogens with one attached hydrogen (secondary N) is 1. The van der Waals surface area contributed by atoms with Gasteiger partial charge in [0.25, 0.3) is 0 Å². The average Bonchev–Trinajstić information content (AvgIpc) is 2.16. The first-order chi connectivity index (χ1) is 7.01. The van der Waals surface area contributed by atoms with Gasteiger partial charge in [-0.2, -0.15) is 0 Å². The quantitative estimate of drug-likeness (QED) is 0.740. The maximum atomic E-state index is 10.7. The molecule has 2 atom stereocenters. The molecule has 0 amide bonds. The summed E-state index contributed by atoms with van der Waals surface area (Å²) in [7, 11) is -3.31. The van der Waals surface area contributed by atoms with E-state index in [0.717, 1.165) is 5.92 Å². The van der Waals surface area contributed by atoms with Crippen LogP contribution < -0.4 is 10.5 Å². The second-order valence-corrected chi connectivity index (χ2v) is 6.19. The predicted octanol–water partition coefficient (Wildman–Crippen LogP) is 0.833. The highest BCUT2D eigenvalue weighted by atomic mass is 32.2. The van der Waals surface area contributed by atoms with Gasteiger partial charge >= 0.3 is 0 Å². The van der Waals surface area contributed by atoms with Crippen LogP contribution in [0.2, 0.25) is 0 Å². The first-order valence-corrected chi connectivity index (χ1v) is 7.46. The van der Waals surface area contributed by atoms with Gasteiger partial charge in [0, 0.05) is 12.6 Å². The number of hydrogen-bond acceptors (Lipinski definition) is 3. The molecule has 1 rings (SSSR count). The Hall–Kier alpha value is -0.130. The lowest BCUT2D eigenvalue weighted by Crippen LogP contribution is -2.37. The molecule has 0 bridgehead atoms. The molecule has 3 N–H and O–H groups in total. The van der Waals surface area contributed by atoms with Gasteiger partial charge in [-0.25, -0.2) is 13.6 Å². The monoisotopic (exact) mass is 234 g/mol. The van der Waals surface area contributed by atoms with Gasteiger partial charge in [-0.3, -0.25) is 0 Å². The third-order valence-corrected chi connectivity index (χ3v) is 3.95. The van der Waals surface area contributed by atoms with Crippen LogP contribution in [0.3, 0.4) is 0 Å². The van der Waals surface area contributed by atoms with Crippen LogP contribution in [0, 0.1) is 5.92 Å². The smallest absolute Gasteiger partial charge is 0.210 e. The van der Waals surface area contributed by atoms with E-state index >= 15 is 0 Å². The minimum atomic E-state index is -3.31. The van der Waals surface area contributed by atoms with Gasteiger partial charge in [-0.05, 0) is 18.8 Å². The van der Waals surface area contributed by atoms with Crippen LogP contribution in [-0.4, -0.2) is 26.8 Å². The van der Waals surface area contributed by atoms with E-state index in [1.165, 1.54) is 32.1 Å². The molecular weight excluding hydrogens is 212 g/mol. The summed E-state index contributed by atoms with van der Waals surface area (Å²) in [6.07, 6.45) is 6.16. The molecule has 2 unspecified atom stereocenters. The Morgan fingerprint density at radius 1 is 1.40 bits per heavy atom. The first kappa shape index (κ1) is 12.9. The number of sulfonamides is 1. The SMILES string of the molecule is CCC1CCCC(NCCS(N)(=O)=O)C1. The second kappa shape index (κ2) is 5.82. The molecule has 5 heteroatoms. The molecule has 0 aliphatic heterocycles. The Kier molecular flexibility index (Phi) is 5.02. The zero-order valence-corrected chi connectivity index (χ0v) is 10.2. The lowest BCUT2D eigenvalue weighted by molar-refractivity contribution is 0.282. The van der Waals surface area contributed by atoms with E-state index in [-0.39, 0.29) is 5.75 Å². The molecule has 0 aromatic rings. The summed E-state index contributed by atoms with van der Waals surface area (Å²) in [5.74, 6) is 0.853. The van der Waals surface area contributed by atoms with Crippen molar-refractivity contribution in [3.63, 3.8) is 0 Å². The molecule has 1 aliphatic carbocycles.